The maximum absolute atomic E-state index is 3.49. The van der Waals surface area contributed by atoms with Crippen LogP contribution in [0.25, 0.3) is 0 Å². The normalized spacial score (nSPS) is 13.6. The lowest BCUT2D eigenvalue weighted by Gasteiger charge is -2.19. The lowest BCUT2D eigenvalue weighted by molar-refractivity contribution is 0.510. The van der Waals surface area contributed by atoms with Gasteiger partial charge in [-0.2, -0.15) is 0 Å². The van der Waals surface area contributed by atoms with Crippen LogP contribution in [-0.2, 0) is 11.8 Å². The first-order valence-corrected chi connectivity index (χ1v) is 7.23. The Labute approximate surface area is 113 Å². The molecule has 0 aliphatic rings. The Bertz CT molecular complexity index is 332. The Morgan fingerprint density at radius 2 is 1.72 bits per heavy atom. The first-order chi connectivity index (χ1) is 8.43. The average molecular weight is 247 g/mol. The zero-order valence-corrected chi connectivity index (χ0v) is 12.7. The predicted molar refractivity (Wildman–Crippen MR) is 81.2 cm³/mol. The molecule has 1 rings (SSSR count). The van der Waals surface area contributed by atoms with Crippen LogP contribution in [0.1, 0.15) is 52.2 Å². The van der Waals surface area contributed by atoms with Gasteiger partial charge in [0.05, 0.1) is 0 Å². The molecule has 0 radical (unpaired) electrons. The lowest BCUT2D eigenvalue weighted by Crippen LogP contribution is -2.23. The van der Waals surface area contributed by atoms with Crippen molar-refractivity contribution in [2.24, 2.45) is 5.92 Å². The van der Waals surface area contributed by atoms with Crippen LogP contribution in [-0.4, -0.2) is 13.1 Å². The monoisotopic (exact) mass is 247 g/mol. The highest BCUT2D eigenvalue weighted by molar-refractivity contribution is 5.27. The van der Waals surface area contributed by atoms with Gasteiger partial charge in [0, 0.05) is 0 Å². The van der Waals surface area contributed by atoms with Crippen LogP contribution < -0.4 is 5.32 Å². The number of hydrogen-bond donors (Lipinski definition) is 1. The van der Waals surface area contributed by atoms with E-state index in [2.05, 4.69) is 64.2 Å². The standard InChI is InChI=1S/C17H29N/c1-6-11-18-13-14(2)12-15-7-9-16(10-8-15)17(3,4)5/h7-10,14,18H,6,11-13H2,1-5H3. The van der Waals surface area contributed by atoms with E-state index in [1.54, 1.807) is 0 Å². The molecule has 0 saturated heterocycles. The molecule has 102 valence electrons. The van der Waals surface area contributed by atoms with Crippen molar-refractivity contribution in [2.75, 3.05) is 13.1 Å². The smallest absolute Gasteiger partial charge is 0.00200 e. The zero-order valence-electron chi connectivity index (χ0n) is 12.7. The van der Waals surface area contributed by atoms with E-state index in [0.29, 0.717) is 5.92 Å². The molecule has 0 aliphatic carbocycles. The third-order valence-corrected chi connectivity index (χ3v) is 3.32. The van der Waals surface area contributed by atoms with Crippen molar-refractivity contribution >= 4 is 0 Å². The third-order valence-electron chi connectivity index (χ3n) is 3.32. The van der Waals surface area contributed by atoms with E-state index in [1.807, 2.05) is 0 Å². The number of benzene rings is 1. The topological polar surface area (TPSA) is 12.0 Å². The number of nitrogens with one attached hydrogen (secondary N) is 1. The molecule has 1 aromatic rings. The van der Waals surface area contributed by atoms with Crippen LogP contribution in [0.2, 0.25) is 0 Å². The van der Waals surface area contributed by atoms with Gasteiger partial charge in [-0.15, -0.1) is 0 Å². The minimum Gasteiger partial charge on any atom is -0.316 e. The van der Waals surface area contributed by atoms with Crippen LogP contribution in [0.3, 0.4) is 0 Å². The van der Waals surface area contributed by atoms with Gasteiger partial charge in [-0.05, 0) is 48.4 Å². The second kappa shape index (κ2) is 6.94. The molecular weight excluding hydrogens is 218 g/mol. The van der Waals surface area contributed by atoms with Crippen molar-refractivity contribution in [1.29, 1.82) is 0 Å². The molecule has 18 heavy (non-hydrogen) atoms. The molecule has 1 unspecified atom stereocenters. The van der Waals surface area contributed by atoms with Crippen LogP contribution in [0.4, 0.5) is 0 Å². The summed E-state index contributed by atoms with van der Waals surface area (Å²) in [6, 6.07) is 9.14. The molecule has 0 aromatic heterocycles. The number of hydrogen-bond acceptors (Lipinski definition) is 1. The van der Waals surface area contributed by atoms with E-state index in [-0.39, 0.29) is 5.41 Å². The summed E-state index contributed by atoms with van der Waals surface area (Å²) in [6.07, 6.45) is 2.38. The molecule has 0 bridgehead atoms. The van der Waals surface area contributed by atoms with Crippen molar-refractivity contribution in [3.63, 3.8) is 0 Å². The van der Waals surface area contributed by atoms with Crippen molar-refractivity contribution in [2.45, 2.75) is 52.9 Å². The third kappa shape index (κ3) is 5.22. The lowest BCUT2D eigenvalue weighted by atomic mass is 9.86. The summed E-state index contributed by atoms with van der Waals surface area (Å²) in [5.41, 5.74) is 3.13. The Balaban J connectivity index is 2.48. The fraction of sp³-hybridized carbons (Fsp3) is 0.647. The van der Waals surface area contributed by atoms with E-state index in [0.717, 1.165) is 13.1 Å². The van der Waals surface area contributed by atoms with E-state index in [9.17, 15) is 0 Å². The molecule has 1 heteroatoms. The summed E-state index contributed by atoms with van der Waals surface area (Å²) in [5.74, 6) is 0.706. The zero-order chi connectivity index (χ0) is 13.6. The summed E-state index contributed by atoms with van der Waals surface area (Å²) < 4.78 is 0. The maximum atomic E-state index is 3.49. The maximum Gasteiger partial charge on any atom is -0.00200 e. The fourth-order valence-corrected chi connectivity index (χ4v) is 2.14. The average Bonchev–Trinajstić information content (AvgIpc) is 2.29. The van der Waals surface area contributed by atoms with E-state index in [4.69, 9.17) is 0 Å². The second-order valence-corrected chi connectivity index (χ2v) is 6.46. The van der Waals surface area contributed by atoms with Gasteiger partial charge in [0.15, 0.2) is 0 Å². The minimum absolute atomic E-state index is 0.257. The summed E-state index contributed by atoms with van der Waals surface area (Å²) in [4.78, 5) is 0. The van der Waals surface area contributed by atoms with Crippen LogP contribution in [0.15, 0.2) is 24.3 Å². The Kier molecular flexibility index (Phi) is 5.87. The van der Waals surface area contributed by atoms with Gasteiger partial charge in [-0.25, -0.2) is 0 Å². The Hall–Kier alpha value is -0.820. The SMILES string of the molecule is CCCNCC(C)Cc1ccc(C(C)(C)C)cc1. The van der Waals surface area contributed by atoms with Gasteiger partial charge in [0.25, 0.3) is 0 Å². The molecule has 0 spiro atoms. The van der Waals surface area contributed by atoms with Crippen LogP contribution in [0.5, 0.6) is 0 Å². The summed E-state index contributed by atoms with van der Waals surface area (Å²) in [6.45, 7) is 13.6. The van der Waals surface area contributed by atoms with Crippen molar-refractivity contribution in [1.82, 2.24) is 5.32 Å². The Morgan fingerprint density at radius 1 is 1.11 bits per heavy atom. The molecule has 0 amide bonds. The Morgan fingerprint density at radius 3 is 2.22 bits per heavy atom. The molecular formula is C17H29N. The molecule has 0 aliphatic heterocycles. The van der Waals surface area contributed by atoms with Crippen molar-refractivity contribution in [3.8, 4) is 0 Å². The molecule has 1 nitrogen and oxygen atoms in total. The second-order valence-electron chi connectivity index (χ2n) is 6.46. The highest BCUT2D eigenvalue weighted by Crippen LogP contribution is 2.22. The predicted octanol–water partition coefficient (Wildman–Crippen LogP) is 4.16. The first kappa shape index (κ1) is 15.2. The van der Waals surface area contributed by atoms with E-state index < -0.39 is 0 Å². The van der Waals surface area contributed by atoms with Crippen LogP contribution in [0, 0.1) is 5.92 Å². The van der Waals surface area contributed by atoms with Gasteiger partial charge in [0.1, 0.15) is 0 Å². The first-order valence-electron chi connectivity index (χ1n) is 7.23. The molecule has 1 N–H and O–H groups in total. The largest absolute Gasteiger partial charge is 0.316 e. The van der Waals surface area contributed by atoms with Crippen LogP contribution >= 0.6 is 0 Å². The van der Waals surface area contributed by atoms with Gasteiger partial charge >= 0.3 is 0 Å². The van der Waals surface area contributed by atoms with Gasteiger partial charge in [0.2, 0.25) is 0 Å². The molecule has 0 saturated carbocycles. The summed E-state index contributed by atoms with van der Waals surface area (Å²) >= 11 is 0. The quantitative estimate of drug-likeness (QED) is 0.744. The molecule has 1 aromatic carbocycles. The summed E-state index contributed by atoms with van der Waals surface area (Å²) in [7, 11) is 0. The molecule has 1 atom stereocenters. The number of rotatable bonds is 6. The van der Waals surface area contributed by atoms with Gasteiger partial charge in [-0.3, -0.25) is 0 Å². The van der Waals surface area contributed by atoms with Crippen molar-refractivity contribution < 1.29 is 0 Å². The van der Waals surface area contributed by atoms with E-state index >= 15 is 0 Å². The molecule has 0 heterocycles. The fourth-order valence-electron chi connectivity index (χ4n) is 2.14. The van der Waals surface area contributed by atoms with Gasteiger partial charge in [-0.1, -0.05) is 58.9 Å². The summed E-state index contributed by atoms with van der Waals surface area (Å²) in [5, 5.41) is 3.49. The van der Waals surface area contributed by atoms with Gasteiger partial charge < -0.3 is 5.32 Å². The molecule has 0 fully saturated rings. The van der Waals surface area contributed by atoms with E-state index in [1.165, 1.54) is 24.0 Å². The van der Waals surface area contributed by atoms with Crippen molar-refractivity contribution in [3.05, 3.63) is 35.4 Å². The highest BCUT2D eigenvalue weighted by atomic mass is 14.8. The minimum atomic E-state index is 0.257. The highest BCUT2D eigenvalue weighted by Gasteiger charge is 2.13.